The van der Waals surface area contributed by atoms with Gasteiger partial charge in [0.05, 0.1) is 19.8 Å². The van der Waals surface area contributed by atoms with E-state index in [0.717, 1.165) is 0 Å². The lowest BCUT2D eigenvalue weighted by atomic mass is 10.0. The van der Waals surface area contributed by atoms with E-state index in [4.69, 9.17) is 24.8 Å². The van der Waals surface area contributed by atoms with Crippen LogP contribution in [0.15, 0.2) is 46.0 Å². The molecule has 0 aliphatic carbocycles. The number of fused-ring (bicyclic) bond motifs is 1. The molecule has 1 aromatic heterocycles. The molecule has 26 heavy (non-hydrogen) atoms. The number of ether oxygens (including phenoxy) is 2. The number of esters is 1. The minimum absolute atomic E-state index is 0.165. The Morgan fingerprint density at radius 2 is 1.92 bits per heavy atom. The maximum absolute atomic E-state index is 13.2. The molecule has 2 aromatic carbocycles. The Kier molecular flexibility index (Phi) is 4.49. The number of halogens is 1. The molecule has 0 saturated carbocycles. The van der Waals surface area contributed by atoms with Crippen LogP contribution in [-0.4, -0.2) is 31.2 Å². The zero-order chi connectivity index (χ0) is 18.8. The number of furan rings is 1. The van der Waals surface area contributed by atoms with E-state index in [0.29, 0.717) is 22.1 Å². The lowest BCUT2D eigenvalue weighted by Gasteiger charge is -2.07. The molecule has 0 bridgehead atoms. The van der Waals surface area contributed by atoms with Crippen molar-refractivity contribution in [3.63, 3.8) is 0 Å². The number of carbonyl (C=O) groups is 1. The number of methoxy groups -OCH3 is 2. The van der Waals surface area contributed by atoms with Crippen molar-refractivity contribution < 1.29 is 28.3 Å². The van der Waals surface area contributed by atoms with Gasteiger partial charge in [0.15, 0.2) is 5.84 Å². The standard InChI is InChI=1S/C18H15FN2O5/c1-24-13-7-11-14(8-12(13)17(20)21-23)26-16(15(11)18(22)25-2)9-3-5-10(19)6-4-9/h3-8,23H,1-2H3,(H2,20,21). The first-order chi connectivity index (χ1) is 12.5. The molecule has 1 heterocycles. The van der Waals surface area contributed by atoms with Crippen LogP contribution >= 0.6 is 0 Å². The number of carbonyl (C=O) groups excluding carboxylic acids is 1. The topological polar surface area (TPSA) is 107 Å². The Hall–Kier alpha value is -3.55. The Morgan fingerprint density at radius 1 is 1.23 bits per heavy atom. The van der Waals surface area contributed by atoms with Gasteiger partial charge in [-0.2, -0.15) is 0 Å². The van der Waals surface area contributed by atoms with Crippen LogP contribution in [0.1, 0.15) is 15.9 Å². The second-order valence-electron chi connectivity index (χ2n) is 5.34. The first-order valence-corrected chi connectivity index (χ1v) is 7.46. The summed E-state index contributed by atoms with van der Waals surface area (Å²) in [5, 5.41) is 12.3. The fraction of sp³-hybridized carbons (Fsp3) is 0.111. The fourth-order valence-electron chi connectivity index (χ4n) is 2.66. The highest BCUT2D eigenvalue weighted by Crippen LogP contribution is 2.37. The predicted octanol–water partition coefficient (Wildman–Crippen LogP) is 3.13. The van der Waals surface area contributed by atoms with Crippen molar-refractivity contribution in [3.05, 3.63) is 53.3 Å². The number of hydrogen-bond acceptors (Lipinski definition) is 6. The number of oxime groups is 1. The molecule has 8 heteroatoms. The third-order valence-corrected chi connectivity index (χ3v) is 3.89. The van der Waals surface area contributed by atoms with Crippen LogP contribution in [0.25, 0.3) is 22.3 Å². The molecule has 0 atom stereocenters. The molecule has 0 spiro atoms. The van der Waals surface area contributed by atoms with Crippen molar-refractivity contribution >= 4 is 22.8 Å². The van der Waals surface area contributed by atoms with E-state index >= 15 is 0 Å². The summed E-state index contributed by atoms with van der Waals surface area (Å²) in [6, 6.07) is 8.51. The summed E-state index contributed by atoms with van der Waals surface area (Å²) >= 11 is 0. The molecular weight excluding hydrogens is 343 g/mol. The number of nitrogens with zero attached hydrogens (tertiary/aromatic N) is 1. The zero-order valence-electron chi connectivity index (χ0n) is 13.9. The predicted molar refractivity (Wildman–Crippen MR) is 92.0 cm³/mol. The molecule has 0 saturated heterocycles. The highest BCUT2D eigenvalue weighted by molar-refractivity contribution is 6.11. The minimum Gasteiger partial charge on any atom is -0.496 e. The summed E-state index contributed by atoms with van der Waals surface area (Å²) in [6.07, 6.45) is 0. The van der Waals surface area contributed by atoms with Crippen LogP contribution in [0.5, 0.6) is 5.75 Å². The highest BCUT2D eigenvalue weighted by atomic mass is 19.1. The first kappa shape index (κ1) is 17.3. The lowest BCUT2D eigenvalue weighted by molar-refractivity contribution is 0.0603. The van der Waals surface area contributed by atoms with Gasteiger partial charge in [-0.25, -0.2) is 9.18 Å². The van der Waals surface area contributed by atoms with Gasteiger partial charge >= 0.3 is 5.97 Å². The Bertz CT molecular complexity index is 1010. The van der Waals surface area contributed by atoms with Gasteiger partial charge in [0.1, 0.15) is 28.5 Å². The van der Waals surface area contributed by atoms with Gasteiger partial charge in [-0.05, 0) is 36.4 Å². The van der Waals surface area contributed by atoms with Crippen LogP contribution < -0.4 is 10.5 Å². The molecule has 3 N–H and O–H groups in total. The Balaban J connectivity index is 2.34. The molecule has 0 unspecified atom stereocenters. The van der Waals surface area contributed by atoms with Gasteiger partial charge in [-0.1, -0.05) is 5.16 Å². The van der Waals surface area contributed by atoms with Gasteiger partial charge in [-0.3, -0.25) is 0 Å². The molecule has 7 nitrogen and oxygen atoms in total. The van der Waals surface area contributed by atoms with E-state index in [1.807, 2.05) is 0 Å². The molecule has 0 amide bonds. The second kappa shape index (κ2) is 6.75. The quantitative estimate of drug-likeness (QED) is 0.244. The average molecular weight is 358 g/mol. The molecule has 0 aliphatic heterocycles. The summed E-state index contributed by atoms with van der Waals surface area (Å²) < 4.78 is 29.2. The van der Waals surface area contributed by atoms with Crippen LogP contribution in [0.2, 0.25) is 0 Å². The third-order valence-electron chi connectivity index (χ3n) is 3.89. The van der Waals surface area contributed by atoms with Crippen LogP contribution in [0.4, 0.5) is 4.39 Å². The van der Waals surface area contributed by atoms with Gasteiger partial charge in [0, 0.05) is 10.9 Å². The van der Waals surface area contributed by atoms with E-state index in [9.17, 15) is 9.18 Å². The van der Waals surface area contributed by atoms with Crippen molar-refractivity contribution in [2.75, 3.05) is 14.2 Å². The maximum Gasteiger partial charge on any atom is 0.342 e. The number of hydrogen-bond donors (Lipinski definition) is 2. The van der Waals surface area contributed by atoms with Gasteiger partial charge < -0.3 is 24.8 Å². The number of rotatable bonds is 4. The average Bonchev–Trinajstić information content (AvgIpc) is 3.04. The summed E-state index contributed by atoms with van der Waals surface area (Å²) in [4.78, 5) is 12.3. The van der Waals surface area contributed by atoms with Gasteiger partial charge in [-0.15, -0.1) is 0 Å². The lowest BCUT2D eigenvalue weighted by Crippen LogP contribution is -2.14. The van der Waals surface area contributed by atoms with E-state index in [-0.39, 0.29) is 22.9 Å². The monoisotopic (exact) mass is 358 g/mol. The van der Waals surface area contributed by atoms with Crippen LogP contribution in [0.3, 0.4) is 0 Å². The third kappa shape index (κ3) is 2.81. The highest BCUT2D eigenvalue weighted by Gasteiger charge is 2.25. The van der Waals surface area contributed by atoms with E-state index < -0.39 is 11.8 Å². The zero-order valence-corrected chi connectivity index (χ0v) is 13.9. The summed E-state index contributed by atoms with van der Waals surface area (Å²) in [5.41, 5.74) is 6.91. The van der Waals surface area contributed by atoms with Crippen LogP contribution in [0, 0.1) is 5.82 Å². The molecule has 134 valence electrons. The van der Waals surface area contributed by atoms with Crippen LogP contribution in [-0.2, 0) is 4.74 Å². The summed E-state index contributed by atoms with van der Waals surface area (Å²) in [7, 11) is 2.66. The second-order valence-corrected chi connectivity index (χ2v) is 5.34. The molecule has 0 aliphatic rings. The largest absolute Gasteiger partial charge is 0.496 e. The van der Waals surface area contributed by atoms with E-state index in [1.165, 1.54) is 50.6 Å². The first-order valence-electron chi connectivity index (χ1n) is 7.46. The fourth-order valence-corrected chi connectivity index (χ4v) is 2.66. The number of amidine groups is 1. The SMILES string of the molecule is COC(=O)c1c(-c2ccc(F)cc2)oc2cc(/C(N)=N/O)c(OC)cc12. The number of nitrogens with two attached hydrogens (primary N) is 1. The maximum atomic E-state index is 13.2. The molecule has 3 aromatic rings. The summed E-state index contributed by atoms with van der Waals surface area (Å²) in [6.45, 7) is 0. The minimum atomic E-state index is -0.623. The normalized spacial score (nSPS) is 11.6. The van der Waals surface area contributed by atoms with Gasteiger partial charge in [0.2, 0.25) is 0 Å². The van der Waals surface area contributed by atoms with Crippen molar-refractivity contribution in [1.29, 1.82) is 0 Å². The molecular formula is C18H15FN2O5. The van der Waals surface area contributed by atoms with Crippen molar-refractivity contribution in [2.24, 2.45) is 10.9 Å². The number of benzene rings is 2. The summed E-state index contributed by atoms with van der Waals surface area (Å²) in [5.74, 6) is -0.722. The van der Waals surface area contributed by atoms with Crippen molar-refractivity contribution in [2.45, 2.75) is 0 Å². The van der Waals surface area contributed by atoms with E-state index in [2.05, 4.69) is 5.16 Å². The van der Waals surface area contributed by atoms with E-state index in [1.54, 1.807) is 0 Å². The smallest absolute Gasteiger partial charge is 0.342 e. The molecule has 0 fully saturated rings. The van der Waals surface area contributed by atoms with Crippen molar-refractivity contribution in [1.82, 2.24) is 0 Å². The Labute approximate surface area is 147 Å². The molecule has 3 rings (SSSR count). The van der Waals surface area contributed by atoms with Crippen molar-refractivity contribution in [3.8, 4) is 17.1 Å². The Morgan fingerprint density at radius 3 is 2.50 bits per heavy atom. The molecule has 0 radical (unpaired) electrons. The van der Waals surface area contributed by atoms with Gasteiger partial charge in [0.25, 0.3) is 0 Å².